The first-order valence-electron chi connectivity index (χ1n) is 9.20. The second-order valence-corrected chi connectivity index (χ2v) is 7.51. The topological polar surface area (TPSA) is 91.7 Å². The van der Waals surface area contributed by atoms with Gasteiger partial charge in [-0.2, -0.15) is 5.10 Å². The van der Waals surface area contributed by atoms with Crippen LogP contribution >= 0.6 is 0 Å². The highest BCUT2D eigenvalue weighted by molar-refractivity contribution is 5.97. The molecule has 0 saturated heterocycles. The number of benzene rings is 2. The van der Waals surface area contributed by atoms with Crippen molar-refractivity contribution in [3.63, 3.8) is 0 Å². The van der Waals surface area contributed by atoms with Crippen LogP contribution in [0.15, 0.2) is 72.0 Å². The number of aromatic nitrogens is 2. The summed E-state index contributed by atoms with van der Waals surface area (Å²) in [6.07, 6.45) is 1.63. The molecule has 0 fully saturated rings. The molecule has 0 atom stereocenters. The van der Waals surface area contributed by atoms with Gasteiger partial charge >= 0.3 is 5.97 Å². The van der Waals surface area contributed by atoms with E-state index >= 15 is 0 Å². The van der Waals surface area contributed by atoms with E-state index in [1.807, 2.05) is 42.5 Å². The molecule has 0 bridgehead atoms. The van der Waals surface area contributed by atoms with Crippen LogP contribution in [0, 0.1) is 0 Å². The van der Waals surface area contributed by atoms with E-state index in [9.17, 15) is 4.79 Å². The Balaban J connectivity index is 1.55. The van der Waals surface area contributed by atoms with Crippen molar-refractivity contribution in [2.24, 2.45) is 10.9 Å². The minimum atomic E-state index is -0.697. The van der Waals surface area contributed by atoms with Gasteiger partial charge in [-0.1, -0.05) is 68.4 Å². The van der Waals surface area contributed by atoms with Gasteiger partial charge in [-0.15, -0.1) is 0 Å². The number of carbonyl (C=O) groups excluding carboxylic acids is 1. The molecule has 0 amide bonds. The molecule has 2 aromatic carbocycles. The zero-order valence-electron chi connectivity index (χ0n) is 16.7. The maximum absolute atomic E-state index is 12.1. The minimum Gasteiger partial charge on any atom is -0.471 e. The number of hydrogen-bond acceptors (Lipinski definition) is 5. The summed E-state index contributed by atoms with van der Waals surface area (Å²) < 4.78 is 7.21. The molecule has 29 heavy (non-hydrogen) atoms. The molecule has 150 valence electrons. The van der Waals surface area contributed by atoms with Crippen LogP contribution < -0.4 is 10.5 Å². The third-order valence-corrected chi connectivity index (χ3v) is 4.23. The van der Waals surface area contributed by atoms with E-state index in [4.69, 9.17) is 15.3 Å². The van der Waals surface area contributed by atoms with Gasteiger partial charge in [0.1, 0.15) is 5.75 Å². The number of hydrogen-bond donors (Lipinski definition) is 1. The molecule has 0 spiro atoms. The van der Waals surface area contributed by atoms with E-state index in [2.05, 4.69) is 31.0 Å². The zero-order chi connectivity index (χ0) is 20.9. The zero-order valence-corrected chi connectivity index (χ0v) is 16.7. The van der Waals surface area contributed by atoms with E-state index in [0.29, 0.717) is 5.56 Å². The molecular weight excluding hydrogens is 368 g/mol. The van der Waals surface area contributed by atoms with Gasteiger partial charge in [0.2, 0.25) is 0 Å². The SMILES string of the molecule is CC(C)(C)c1ccc(OCn2ccc(C(=O)O/N=C(\N)c3ccccc3)n2)cc1. The third kappa shape index (κ3) is 5.44. The normalized spacial score (nSPS) is 11.9. The molecule has 0 unspecified atom stereocenters. The number of amidine groups is 1. The summed E-state index contributed by atoms with van der Waals surface area (Å²) in [7, 11) is 0. The van der Waals surface area contributed by atoms with Crippen molar-refractivity contribution in [2.75, 3.05) is 0 Å². The lowest BCUT2D eigenvalue weighted by Crippen LogP contribution is -2.15. The Kier molecular flexibility index (Phi) is 5.97. The summed E-state index contributed by atoms with van der Waals surface area (Å²) >= 11 is 0. The lowest BCUT2D eigenvalue weighted by molar-refractivity contribution is 0.0507. The first-order chi connectivity index (χ1) is 13.8. The first kappa shape index (κ1) is 20.1. The predicted octanol–water partition coefficient (Wildman–Crippen LogP) is 3.69. The second kappa shape index (κ2) is 8.60. The van der Waals surface area contributed by atoms with Crippen LogP contribution in [0.4, 0.5) is 0 Å². The number of nitrogens with zero attached hydrogens (tertiary/aromatic N) is 3. The molecule has 1 aromatic heterocycles. The number of rotatable bonds is 6. The Bertz CT molecular complexity index is 987. The fourth-order valence-electron chi connectivity index (χ4n) is 2.53. The van der Waals surface area contributed by atoms with E-state index in [-0.39, 0.29) is 23.7 Å². The fraction of sp³-hybridized carbons (Fsp3) is 0.227. The van der Waals surface area contributed by atoms with E-state index < -0.39 is 5.97 Å². The molecule has 3 aromatic rings. The largest absolute Gasteiger partial charge is 0.471 e. The molecule has 7 heteroatoms. The summed E-state index contributed by atoms with van der Waals surface area (Å²) in [5, 5.41) is 7.81. The van der Waals surface area contributed by atoms with Gasteiger partial charge in [-0.3, -0.25) is 0 Å². The highest BCUT2D eigenvalue weighted by atomic mass is 16.7. The molecule has 0 aliphatic carbocycles. The number of oxime groups is 1. The van der Waals surface area contributed by atoms with Gasteiger partial charge in [0.25, 0.3) is 0 Å². The van der Waals surface area contributed by atoms with Crippen molar-refractivity contribution in [3.05, 3.63) is 83.7 Å². The number of carbonyl (C=O) groups is 1. The Morgan fingerprint density at radius 2 is 1.76 bits per heavy atom. The van der Waals surface area contributed by atoms with Crippen LogP contribution in [0.2, 0.25) is 0 Å². The standard InChI is InChI=1S/C22H24N4O3/c1-22(2,3)17-9-11-18(12-10-17)28-15-26-14-13-19(24-26)21(27)29-25-20(23)16-7-5-4-6-8-16/h4-14H,15H2,1-3H3,(H2,23,25). The second-order valence-electron chi connectivity index (χ2n) is 7.51. The van der Waals surface area contributed by atoms with Crippen molar-refractivity contribution in [3.8, 4) is 5.75 Å². The average Bonchev–Trinajstić information content (AvgIpc) is 3.20. The summed E-state index contributed by atoms with van der Waals surface area (Å²) in [5.41, 5.74) is 7.89. The van der Waals surface area contributed by atoms with Gasteiger partial charge in [0.05, 0.1) is 0 Å². The average molecular weight is 392 g/mol. The van der Waals surface area contributed by atoms with Crippen LogP contribution in [0.3, 0.4) is 0 Å². The molecule has 1 heterocycles. The summed E-state index contributed by atoms with van der Waals surface area (Å²) in [5.74, 6) is 0.135. The smallest absolute Gasteiger partial charge is 0.385 e. The maximum atomic E-state index is 12.1. The highest BCUT2D eigenvalue weighted by Gasteiger charge is 2.14. The van der Waals surface area contributed by atoms with Crippen molar-refractivity contribution >= 4 is 11.8 Å². The van der Waals surface area contributed by atoms with Crippen LogP contribution in [-0.2, 0) is 17.0 Å². The number of ether oxygens (including phenoxy) is 1. The lowest BCUT2D eigenvalue weighted by Gasteiger charge is -2.19. The molecule has 2 N–H and O–H groups in total. The van der Waals surface area contributed by atoms with E-state index in [1.54, 1.807) is 18.3 Å². The van der Waals surface area contributed by atoms with E-state index in [0.717, 1.165) is 5.75 Å². The Morgan fingerprint density at radius 3 is 2.41 bits per heavy atom. The van der Waals surface area contributed by atoms with Crippen molar-refractivity contribution in [1.29, 1.82) is 0 Å². The van der Waals surface area contributed by atoms with Crippen LogP contribution in [0.25, 0.3) is 0 Å². The molecule has 7 nitrogen and oxygen atoms in total. The number of nitrogens with two attached hydrogens (primary N) is 1. The lowest BCUT2D eigenvalue weighted by atomic mass is 9.87. The van der Waals surface area contributed by atoms with Gasteiger partial charge < -0.3 is 15.3 Å². The van der Waals surface area contributed by atoms with Crippen molar-refractivity contribution in [2.45, 2.75) is 32.9 Å². The van der Waals surface area contributed by atoms with Crippen LogP contribution in [-0.4, -0.2) is 21.6 Å². The molecule has 0 aliphatic heterocycles. The van der Waals surface area contributed by atoms with Gasteiger partial charge in [0, 0.05) is 11.8 Å². The molecule has 3 rings (SSSR count). The Morgan fingerprint density at radius 1 is 1.07 bits per heavy atom. The van der Waals surface area contributed by atoms with Gasteiger partial charge in [-0.05, 0) is 29.2 Å². The van der Waals surface area contributed by atoms with Crippen molar-refractivity contribution in [1.82, 2.24) is 9.78 Å². The van der Waals surface area contributed by atoms with Crippen molar-refractivity contribution < 1.29 is 14.4 Å². The van der Waals surface area contributed by atoms with Crippen LogP contribution in [0.5, 0.6) is 5.75 Å². The molecule has 0 saturated carbocycles. The fourth-order valence-corrected chi connectivity index (χ4v) is 2.53. The quantitative estimate of drug-likeness (QED) is 0.299. The Hall–Kier alpha value is -3.61. The monoisotopic (exact) mass is 392 g/mol. The maximum Gasteiger partial charge on any atom is 0.385 e. The summed E-state index contributed by atoms with van der Waals surface area (Å²) in [6, 6.07) is 18.5. The van der Waals surface area contributed by atoms with Gasteiger partial charge in [0.15, 0.2) is 18.3 Å². The van der Waals surface area contributed by atoms with Gasteiger partial charge in [-0.25, -0.2) is 9.48 Å². The molecule has 0 aliphatic rings. The Labute approximate surface area is 169 Å². The van der Waals surface area contributed by atoms with E-state index in [1.165, 1.54) is 16.3 Å². The predicted molar refractivity (Wildman–Crippen MR) is 111 cm³/mol. The molecule has 0 radical (unpaired) electrons. The molecular formula is C22H24N4O3. The highest BCUT2D eigenvalue weighted by Crippen LogP contribution is 2.24. The third-order valence-electron chi connectivity index (χ3n) is 4.23. The van der Waals surface area contributed by atoms with Crippen LogP contribution in [0.1, 0.15) is 42.4 Å². The first-order valence-corrected chi connectivity index (χ1v) is 9.20. The minimum absolute atomic E-state index is 0.0855. The summed E-state index contributed by atoms with van der Waals surface area (Å²) in [6.45, 7) is 6.64. The summed E-state index contributed by atoms with van der Waals surface area (Å²) in [4.78, 5) is 17.0.